The van der Waals surface area contributed by atoms with Gasteiger partial charge in [-0.1, -0.05) is 41.9 Å². The van der Waals surface area contributed by atoms with Gasteiger partial charge in [0.25, 0.3) is 10.1 Å². The van der Waals surface area contributed by atoms with Gasteiger partial charge in [0.2, 0.25) is 0 Å². The Labute approximate surface area is 123 Å². The van der Waals surface area contributed by atoms with Gasteiger partial charge in [0.15, 0.2) is 0 Å². The average Bonchev–Trinajstić information content (AvgIpc) is 2.75. The molecule has 2 aromatic carbocycles. The number of hydrogen-bond donors (Lipinski definition) is 0. The van der Waals surface area contributed by atoms with E-state index >= 15 is 0 Å². The molecule has 5 heteroatoms. The van der Waals surface area contributed by atoms with Crippen molar-refractivity contribution in [1.82, 2.24) is 0 Å². The van der Waals surface area contributed by atoms with E-state index in [-0.39, 0.29) is 16.5 Å². The van der Waals surface area contributed by atoms with Crippen LogP contribution in [0.5, 0.6) is 0 Å². The number of halogens is 1. The van der Waals surface area contributed by atoms with Gasteiger partial charge in [-0.15, -0.1) is 0 Å². The van der Waals surface area contributed by atoms with Gasteiger partial charge in [-0.05, 0) is 35.2 Å². The van der Waals surface area contributed by atoms with Gasteiger partial charge in [0.1, 0.15) is 4.90 Å². The Hall–Kier alpha value is -1.36. The maximum atomic E-state index is 12.3. The van der Waals surface area contributed by atoms with E-state index in [1.165, 1.54) is 0 Å². The molecule has 3 rings (SSSR count). The van der Waals surface area contributed by atoms with Crippen LogP contribution in [-0.2, 0) is 20.7 Å². The fourth-order valence-electron chi connectivity index (χ4n) is 2.64. The lowest BCUT2D eigenvalue weighted by Gasteiger charge is -2.11. The smallest absolute Gasteiger partial charge is 0.267 e. The molecule has 3 nitrogen and oxygen atoms in total. The molecule has 2 aromatic rings. The second-order valence-corrected chi connectivity index (χ2v) is 6.56. The summed E-state index contributed by atoms with van der Waals surface area (Å²) < 4.78 is 29.4. The van der Waals surface area contributed by atoms with Gasteiger partial charge < -0.3 is 0 Å². The van der Waals surface area contributed by atoms with E-state index in [9.17, 15) is 8.42 Å². The maximum Gasteiger partial charge on any atom is 0.298 e. The van der Waals surface area contributed by atoms with E-state index in [0.717, 1.165) is 22.3 Å². The Kier molecular flexibility index (Phi) is 3.32. The Balaban J connectivity index is 2.26. The molecule has 1 aliphatic rings. The summed E-state index contributed by atoms with van der Waals surface area (Å²) in [5.41, 5.74) is 3.82. The Bertz CT molecular complexity index is 782. The van der Waals surface area contributed by atoms with Crippen molar-refractivity contribution in [3.63, 3.8) is 0 Å². The molecule has 0 saturated heterocycles. The normalized spacial score (nSPS) is 13.1. The third-order valence-electron chi connectivity index (χ3n) is 3.41. The van der Waals surface area contributed by atoms with Crippen molar-refractivity contribution in [3.05, 3.63) is 52.5 Å². The first-order valence-electron chi connectivity index (χ1n) is 6.33. The summed E-state index contributed by atoms with van der Waals surface area (Å²) in [7, 11) is -3.82. The Morgan fingerprint density at radius 2 is 1.90 bits per heavy atom. The van der Waals surface area contributed by atoms with Crippen molar-refractivity contribution in [3.8, 4) is 11.1 Å². The molecule has 1 aliphatic carbocycles. The molecule has 0 amide bonds. The van der Waals surface area contributed by atoms with E-state index in [0.29, 0.717) is 6.42 Å². The highest BCUT2D eigenvalue weighted by atomic mass is 35.5. The van der Waals surface area contributed by atoms with Crippen LogP contribution in [0.1, 0.15) is 18.1 Å². The maximum absolute atomic E-state index is 12.3. The van der Waals surface area contributed by atoms with Gasteiger partial charge >= 0.3 is 0 Å². The molecule has 0 spiro atoms. The summed E-state index contributed by atoms with van der Waals surface area (Å²) in [6.45, 7) is 1.73. The van der Waals surface area contributed by atoms with Gasteiger partial charge in [0, 0.05) is 6.42 Å². The predicted molar refractivity (Wildman–Crippen MR) is 78.5 cm³/mol. The summed E-state index contributed by atoms with van der Waals surface area (Å²) in [4.78, 5) is 0.106. The third kappa shape index (κ3) is 2.04. The van der Waals surface area contributed by atoms with Crippen LogP contribution in [0.2, 0.25) is 5.02 Å². The number of hydrogen-bond acceptors (Lipinski definition) is 3. The van der Waals surface area contributed by atoms with Crippen molar-refractivity contribution >= 4 is 21.7 Å². The number of benzene rings is 2. The molecule has 0 atom stereocenters. The zero-order valence-corrected chi connectivity index (χ0v) is 12.5. The van der Waals surface area contributed by atoms with Crippen molar-refractivity contribution in [1.29, 1.82) is 0 Å². The van der Waals surface area contributed by atoms with Gasteiger partial charge in [0.05, 0.1) is 11.6 Å². The minimum Gasteiger partial charge on any atom is -0.267 e. The molecule has 104 valence electrons. The van der Waals surface area contributed by atoms with E-state index in [1.807, 2.05) is 30.3 Å². The number of rotatable bonds is 3. The highest BCUT2D eigenvalue weighted by molar-refractivity contribution is 7.87. The predicted octanol–water partition coefficient (Wildman–Crippen LogP) is 3.64. The van der Waals surface area contributed by atoms with E-state index in [1.54, 1.807) is 13.0 Å². The molecule has 0 radical (unpaired) electrons. The lowest BCUT2D eigenvalue weighted by atomic mass is 10.1. The molecule has 0 aliphatic heterocycles. The molecular weight excluding hydrogens is 296 g/mol. The van der Waals surface area contributed by atoms with Crippen LogP contribution in [0.25, 0.3) is 11.1 Å². The van der Waals surface area contributed by atoms with Crippen molar-refractivity contribution in [2.45, 2.75) is 18.2 Å². The topological polar surface area (TPSA) is 43.4 Å². The van der Waals surface area contributed by atoms with E-state index in [2.05, 4.69) is 0 Å². The van der Waals surface area contributed by atoms with Crippen LogP contribution in [0.4, 0.5) is 0 Å². The summed E-state index contributed by atoms with van der Waals surface area (Å²) in [5, 5.41) is 0.213. The fraction of sp³-hybridized carbons (Fsp3) is 0.200. The van der Waals surface area contributed by atoms with Crippen LogP contribution in [0.3, 0.4) is 0 Å². The largest absolute Gasteiger partial charge is 0.298 e. The molecule has 0 N–H and O–H groups in total. The fourth-order valence-corrected chi connectivity index (χ4v) is 4.32. The zero-order chi connectivity index (χ0) is 14.3. The van der Waals surface area contributed by atoms with E-state index < -0.39 is 10.1 Å². The monoisotopic (exact) mass is 308 g/mol. The molecule has 0 saturated carbocycles. The highest BCUT2D eigenvalue weighted by Crippen LogP contribution is 2.42. The molecule has 0 heterocycles. The van der Waals surface area contributed by atoms with E-state index in [4.69, 9.17) is 15.8 Å². The molecular formula is C15H13ClO3S. The summed E-state index contributed by atoms with van der Waals surface area (Å²) >= 11 is 6.11. The van der Waals surface area contributed by atoms with Crippen LogP contribution in [0, 0.1) is 0 Å². The van der Waals surface area contributed by atoms with Crippen LogP contribution in [0.15, 0.2) is 41.3 Å². The number of fused-ring (bicyclic) bond motifs is 3. The summed E-state index contributed by atoms with van der Waals surface area (Å²) in [6, 6.07) is 11.4. The summed E-state index contributed by atoms with van der Waals surface area (Å²) in [6.07, 6.45) is 0.563. The Morgan fingerprint density at radius 1 is 1.15 bits per heavy atom. The summed E-state index contributed by atoms with van der Waals surface area (Å²) in [5.74, 6) is 0. The minimum absolute atomic E-state index is 0.0925. The van der Waals surface area contributed by atoms with Crippen molar-refractivity contribution in [2.75, 3.05) is 6.61 Å². The molecule has 0 bridgehead atoms. The lowest BCUT2D eigenvalue weighted by Crippen LogP contribution is -2.09. The minimum atomic E-state index is -3.82. The van der Waals surface area contributed by atoms with Crippen LogP contribution in [-0.4, -0.2) is 15.0 Å². The quantitative estimate of drug-likeness (QED) is 0.694. The lowest BCUT2D eigenvalue weighted by molar-refractivity contribution is 0.338. The molecule has 0 aromatic heterocycles. The third-order valence-corrected chi connectivity index (χ3v) is 5.35. The highest BCUT2D eigenvalue weighted by Gasteiger charge is 2.29. The van der Waals surface area contributed by atoms with Crippen LogP contribution < -0.4 is 0 Å². The second-order valence-electron chi connectivity index (χ2n) is 4.60. The Morgan fingerprint density at radius 3 is 2.65 bits per heavy atom. The van der Waals surface area contributed by atoms with Crippen molar-refractivity contribution in [2.24, 2.45) is 0 Å². The zero-order valence-electron chi connectivity index (χ0n) is 10.9. The van der Waals surface area contributed by atoms with Gasteiger partial charge in [-0.2, -0.15) is 8.42 Å². The first-order chi connectivity index (χ1) is 9.54. The molecule has 20 heavy (non-hydrogen) atoms. The standard InChI is InChI=1S/C15H13ClO3S/c1-2-19-20(17,18)15-13-9-10-5-3-4-6-11(10)12(13)7-8-14(15)16/h3-8H,2,9H2,1H3. The second kappa shape index (κ2) is 4.88. The SMILES string of the molecule is CCOS(=O)(=O)c1c(Cl)ccc2c1Cc1ccccc1-2. The van der Waals surface area contributed by atoms with Gasteiger partial charge in [-0.25, -0.2) is 0 Å². The first-order valence-corrected chi connectivity index (χ1v) is 8.12. The molecule has 0 unspecified atom stereocenters. The van der Waals surface area contributed by atoms with Crippen molar-refractivity contribution < 1.29 is 12.6 Å². The first kappa shape index (κ1) is 13.6. The molecule has 0 fully saturated rings. The van der Waals surface area contributed by atoms with Crippen LogP contribution >= 0.6 is 11.6 Å². The van der Waals surface area contributed by atoms with Gasteiger partial charge in [-0.3, -0.25) is 4.18 Å². The average molecular weight is 309 g/mol.